The Labute approximate surface area is 168 Å². The molecular weight excluding hydrogens is 346 g/mol. The summed E-state index contributed by atoms with van der Waals surface area (Å²) >= 11 is 0. The lowest BCUT2D eigenvalue weighted by atomic mass is 9.95. The summed E-state index contributed by atoms with van der Waals surface area (Å²) in [6.07, 6.45) is 2.15. The summed E-state index contributed by atoms with van der Waals surface area (Å²) in [5, 5.41) is 0. The minimum atomic E-state index is 0.154. The molecule has 2 aliphatic heterocycles. The Morgan fingerprint density at radius 1 is 0.929 bits per heavy atom. The summed E-state index contributed by atoms with van der Waals surface area (Å²) in [5.74, 6) is 0.517. The number of likely N-dealkylation sites (tertiary alicyclic amines) is 1. The van der Waals surface area contributed by atoms with Crippen molar-refractivity contribution in [3.05, 3.63) is 65.7 Å². The van der Waals surface area contributed by atoms with Gasteiger partial charge in [0.2, 0.25) is 5.91 Å². The van der Waals surface area contributed by atoms with Gasteiger partial charge in [0.05, 0.1) is 5.92 Å². The van der Waals surface area contributed by atoms with Gasteiger partial charge >= 0.3 is 0 Å². The number of amides is 1. The number of benzene rings is 2. The van der Waals surface area contributed by atoms with E-state index in [0.717, 1.165) is 58.7 Å². The zero-order valence-electron chi connectivity index (χ0n) is 16.9. The molecule has 1 atom stereocenters. The third kappa shape index (κ3) is 4.39. The van der Waals surface area contributed by atoms with Crippen molar-refractivity contribution in [2.75, 3.05) is 44.2 Å². The Kier molecular flexibility index (Phi) is 5.96. The van der Waals surface area contributed by atoms with Gasteiger partial charge in [-0.3, -0.25) is 9.69 Å². The van der Waals surface area contributed by atoms with E-state index in [1.807, 2.05) is 0 Å². The van der Waals surface area contributed by atoms with Gasteiger partial charge < -0.3 is 9.80 Å². The lowest BCUT2D eigenvalue weighted by Gasteiger charge is -2.39. The number of piperazine rings is 1. The first-order chi connectivity index (χ1) is 13.7. The molecule has 1 unspecified atom stereocenters. The van der Waals surface area contributed by atoms with Gasteiger partial charge in [-0.05, 0) is 49.6 Å². The Balaban J connectivity index is 1.32. The number of anilines is 1. The van der Waals surface area contributed by atoms with E-state index in [-0.39, 0.29) is 5.92 Å². The largest absolute Gasteiger partial charge is 0.368 e. The quantitative estimate of drug-likeness (QED) is 0.815. The highest BCUT2D eigenvalue weighted by atomic mass is 16.2. The smallest absolute Gasteiger partial charge is 0.227 e. The topological polar surface area (TPSA) is 26.8 Å². The van der Waals surface area contributed by atoms with Crippen molar-refractivity contribution in [1.82, 2.24) is 9.80 Å². The number of aryl methyl sites for hydroxylation is 1. The summed E-state index contributed by atoms with van der Waals surface area (Å²) in [5.41, 5.74) is 3.98. The fourth-order valence-electron chi connectivity index (χ4n) is 4.51. The van der Waals surface area contributed by atoms with Gasteiger partial charge in [0.25, 0.3) is 0 Å². The van der Waals surface area contributed by atoms with Crippen LogP contribution in [0.25, 0.3) is 0 Å². The normalized spacial score (nSPS) is 21.0. The van der Waals surface area contributed by atoms with Gasteiger partial charge in [-0.15, -0.1) is 0 Å². The average Bonchev–Trinajstić information content (AvgIpc) is 2.76. The standard InChI is InChI=1S/C24H31N3O/c1-20-8-5-6-9-21(20)18-25-13-7-10-22(19-25)24(28)27-16-14-26(15-17-27)23-11-3-2-4-12-23/h2-6,8-9,11-12,22H,7,10,13-19H2,1H3. The van der Waals surface area contributed by atoms with Crippen LogP contribution in [0.15, 0.2) is 54.6 Å². The van der Waals surface area contributed by atoms with E-state index in [0.29, 0.717) is 5.91 Å². The molecule has 0 radical (unpaired) electrons. The Hall–Kier alpha value is -2.33. The van der Waals surface area contributed by atoms with E-state index >= 15 is 0 Å². The van der Waals surface area contributed by atoms with Gasteiger partial charge in [-0.2, -0.15) is 0 Å². The van der Waals surface area contributed by atoms with Crippen molar-refractivity contribution in [2.45, 2.75) is 26.3 Å². The minimum absolute atomic E-state index is 0.154. The first kappa shape index (κ1) is 19.0. The van der Waals surface area contributed by atoms with Gasteiger partial charge in [0.15, 0.2) is 0 Å². The summed E-state index contributed by atoms with van der Waals surface area (Å²) in [6, 6.07) is 19.1. The molecule has 0 N–H and O–H groups in total. The fraction of sp³-hybridized carbons (Fsp3) is 0.458. The monoisotopic (exact) mass is 377 g/mol. The van der Waals surface area contributed by atoms with Crippen LogP contribution in [0.3, 0.4) is 0 Å². The molecule has 2 fully saturated rings. The van der Waals surface area contributed by atoms with E-state index in [2.05, 4.69) is 76.2 Å². The number of carbonyl (C=O) groups is 1. The average molecular weight is 378 g/mol. The van der Waals surface area contributed by atoms with Crippen LogP contribution in [-0.4, -0.2) is 55.0 Å². The van der Waals surface area contributed by atoms with E-state index in [1.54, 1.807) is 0 Å². The number of carbonyl (C=O) groups excluding carboxylic acids is 1. The van der Waals surface area contributed by atoms with E-state index in [9.17, 15) is 4.79 Å². The molecule has 2 aromatic rings. The van der Waals surface area contributed by atoms with Crippen LogP contribution in [0.5, 0.6) is 0 Å². The molecule has 1 amide bonds. The fourth-order valence-corrected chi connectivity index (χ4v) is 4.51. The first-order valence-electron chi connectivity index (χ1n) is 10.6. The van der Waals surface area contributed by atoms with Crippen LogP contribution in [0.4, 0.5) is 5.69 Å². The van der Waals surface area contributed by atoms with Gasteiger partial charge in [-0.1, -0.05) is 42.5 Å². The Bertz CT molecular complexity index is 783. The molecule has 2 heterocycles. The first-order valence-corrected chi connectivity index (χ1v) is 10.6. The maximum Gasteiger partial charge on any atom is 0.227 e. The molecule has 0 aromatic heterocycles. The molecule has 4 heteroatoms. The summed E-state index contributed by atoms with van der Waals surface area (Å²) in [7, 11) is 0. The molecule has 4 nitrogen and oxygen atoms in total. The minimum Gasteiger partial charge on any atom is -0.368 e. The third-order valence-corrected chi connectivity index (χ3v) is 6.22. The summed E-state index contributed by atoms with van der Waals surface area (Å²) < 4.78 is 0. The summed E-state index contributed by atoms with van der Waals surface area (Å²) in [6.45, 7) is 8.65. The molecule has 2 aliphatic rings. The van der Waals surface area contributed by atoms with Crippen LogP contribution in [0.2, 0.25) is 0 Å². The number of hydrogen-bond donors (Lipinski definition) is 0. The van der Waals surface area contributed by atoms with Crippen molar-refractivity contribution in [3.63, 3.8) is 0 Å². The van der Waals surface area contributed by atoms with Crippen molar-refractivity contribution < 1.29 is 4.79 Å². The second-order valence-electron chi connectivity index (χ2n) is 8.15. The van der Waals surface area contributed by atoms with Crippen LogP contribution >= 0.6 is 0 Å². The molecule has 0 saturated carbocycles. The predicted molar refractivity (Wildman–Crippen MR) is 114 cm³/mol. The van der Waals surface area contributed by atoms with E-state index < -0.39 is 0 Å². The zero-order chi connectivity index (χ0) is 19.3. The molecule has 2 saturated heterocycles. The predicted octanol–water partition coefficient (Wildman–Crippen LogP) is 3.56. The number of rotatable bonds is 4. The van der Waals surface area contributed by atoms with Crippen molar-refractivity contribution >= 4 is 11.6 Å². The number of nitrogens with zero attached hydrogens (tertiary/aromatic N) is 3. The van der Waals surface area contributed by atoms with E-state index in [1.165, 1.54) is 16.8 Å². The van der Waals surface area contributed by atoms with E-state index in [4.69, 9.17) is 0 Å². The number of piperidine rings is 1. The lowest BCUT2D eigenvalue weighted by Crippen LogP contribution is -2.52. The molecule has 0 spiro atoms. The zero-order valence-corrected chi connectivity index (χ0v) is 16.9. The molecule has 2 aromatic carbocycles. The highest BCUT2D eigenvalue weighted by molar-refractivity contribution is 5.79. The highest BCUT2D eigenvalue weighted by Crippen LogP contribution is 2.23. The number of hydrogen-bond acceptors (Lipinski definition) is 3. The highest BCUT2D eigenvalue weighted by Gasteiger charge is 2.31. The van der Waals surface area contributed by atoms with Crippen LogP contribution in [-0.2, 0) is 11.3 Å². The van der Waals surface area contributed by atoms with Crippen molar-refractivity contribution in [3.8, 4) is 0 Å². The SMILES string of the molecule is Cc1ccccc1CN1CCCC(C(=O)N2CCN(c3ccccc3)CC2)C1. The molecular formula is C24H31N3O. The third-order valence-electron chi connectivity index (χ3n) is 6.22. The van der Waals surface area contributed by atoms with Crippen molar-refractivity contribution in [2.24, 2.45) is 5.92 Å². The van der Waals surface area contributed by atoms with Gasteiger partial charge in [-0.25, -0.2) is 0 Å². The van der Waals surface area contributed by atoms with Crippen LogP contribution < -0.4 is 4.90 Å². The molecule has 4 rings (SSSR count). The molecule has 0 aliphatic carbocycles. The second kappa shape index (κ2) is 8.78. The van der Waals surface area contributed by atoms with Crippen molar-refractivity contribution in [1.29, 1.82) is 0 Å². The molecule has 0 bridgehead atoms. The molecule has 148 valence electrons. The Morgan fingerprint density at radius 2 is 1.64 bits per heavy atom. The number of para-hydroxylation sites is 1. The van der Waals surface area contributed by atoms with Gasteiger partial charge in [0.1, 0.15) is 0 Å². The van der Waals surface area contributed by atoms with Crippen LogP contribution in [0, 0.1) is 12.8 Å². The summed E-state index contributed by atoms with van der Waals surface area (Å²) in [4.78, 5) is 20.1. The van der Waals surface area contributed by atoms with Crippen LogP contribution in [0.1, 0.15) is 24.0 Å². The maximum atomic E-state index is 13.1. The van der Waals surface area contributed by atoms with Gasteiger partial charge in [0, 0.05) is 45.0 Å². The Morgan fingerprint density at radius 3 is 2.39 bits per heavy atom. The second-order valence-corrected chi connectivity index (χ2v) is 8.15. The maximum absolute atomic E-state index is 13.1. The lowest BCUT2D eigenvalue weighted by molar-refractivity contribution is -0.137. The molecule has 28 heavy (non-hydrogen) atoms.